The molecule has 1 aliphatic rings. The molecule has 130 valence electrons. The number of hydrogen-bond acceptors (Lipinski definition) is 3. The maximum absolute atomic E-state index is 12.5. The number of nitrogens with zero attached hydrogens (tertiary/aromatic N) is 1. The zero-order valence-corrected chi connectivity index (χ0v) is 14.6. The number of carbonyl (C=O) groups excluding carboxylic acids is 3. The van der Waals surface area contributed by atoms with Gasteiger partial charge in [0.05, 0.1) is 17.2 Å². The van der Waals surface area contributed by atoms with Gasteiger partial charge in [0.15, 0.2) is 0 Å². The van der Waals surface area contributed by atoms with E-state index in [-0.39, 0.29) is 42.1 Å². The predicted molar refractivity (Wildman–Crippen MR) is 92.6 cm³/mol. The lowest BCUT2D eigenvalue weighted by molar-refractivity contribution is -0.129. The van der Waals surface area contributed by atoms with Gasteiger partial charge in [-0.05, 0) is 39.8 Å². The zero-order valence-electron chi connectivity index (χ0n) is 14.6. The lowest BCUT2D eigenvalue weighted by Gasteiger charge is -2.21. The van der Waals surface area contributed by atoms with Crippen molar-refractivity contribution in [1.82, 2.24) is 10.2 Å². The Balaban J connectivity index is 2.10. The van der Waals surface area contributed by atoms with E-state index >= 15 is 0 Å². The van der Waals surface area contributed by atoms with Crippen molar-refractivity contribution in [3.8, 4) is 0 Å². The van der Waals surface area contributed by atoms with Crippen LogP contribution in [0.3, 0.4) is 0 Å². The molecule has 6 nitrogen and oxygen atoms in total. The van der Waals surface area contributed by atoms with Crippen molar-refractivity contribution >= 4 is 23.4 Å². The molecule has 1 fully saturated rings. The molecule has 1 saturated heterocycles. The molecule has 0 saturated carbocycles. The molecule has 0 aromatic heterocycles. The normalized spacial score (nSPS) is 17.5. The molecule has 24 heavy (non-hydrogen) atoms. The number of likely N-dealkylation sites (tertiary alicyclic amines) is 1. The molecule has 1 aromatic carbocycles. The topological polar surface area (TPSA) is 78.5 Å². The van der Waals surface area contributed by atoms with Crippen molar-refractivity contribution in [3.05, 3.63) is 29.8 Å². The highest BCUT2D eigenvalue weighted by molar-refractivity contribution is 6.05. The molecule has 1 atom stereocenters. The Morgan fingerprint density at radius 2 is 1.83 bits per heavy atom. The van der Waals surface area contributed by atoms with Gasteiger partial charge in [-0.2, -0.15) is 0 Å². The Kier molecular flexibility index (Phi) is 5.59. The van der Waals surface area contributed by atoms with Crippen LogP contribution in [0.15, 0.2) is 24.3 Å². The smallest absolute Gasteiger partial charge is 0.253 e. The summed E-state index contributed by atoms with van der Waals surface area (Å²) in [5.74, 6) is -0.847. The van der Waals surface area contributed by atoms with E-state index in [1.807, 2.05) is 27.7 Å². The van der Waals surface area contributed by atoms with E-state index < -0.39 is 0 Å². The fraction of sp³-hybridized carbons (Fsp3) is 0.500. The third kappa shape index (κ3) is 4.13. The number of carbonyl (C=O) groups is 3. The summed E-state index contributed by atoms with van der Waals surface area (Å²) in [5.41, 5.74) is 0.890. The lowest BCUT2D eigenvalue weighted by atomic mass is 10.1. The van der Waals surface area contributed by atoms with Crippen LogP contribution in [-0.4, -0.2) is 41.2 Å². The van der Waals surface area contributed by atoms with Crippen LogP contribution in [0.5, 0.6) is 0 Å². The zero-order chi connectivity index (χ0) is 17.9. The molecular formula is C18H25N3O3. The third-order valence-electron chi connectivity index (χ3n) is 4.00. The number of hydrogen-bond donors (Lipinski definition) is 2. The highest BCUT2D eigenvalue weighted by atomic mass is 16.2. The van der Waals surface area contributed by atoms with E-state index in [1.54, 1.807) is 29.2 Å². The van der Waals surface area contributed by atoms with Crippen molar-refractivity contribution in [2.24, 2.45) is 5.92 Å². The average Bonchev–Trinajstić information content (AvgIpc) is 2.89. The minimum Gasteiger partial charge on any atom is -0.350 e. The van der Waals surface area contributed by atoms with Crippen LogP contribution in [0.1, 0.15) is 44.5 Å². The van der Waals surface area contributed by atoms with E-state index in [0.29, 0.717) is 17.8 Å². The van der Waals surface area contributed by atoms with E-state index in [0.717, 1.165) is 0 Å². The van der Waals surface area contributed by atoms with E-state index in [4.69, 9.17) is 0 Å². The minimum atomic E-state index is -0.388. The van der Waals surface area contributed by atoms with Crippen molar-refractivity contribution < 1.29 is 14.4 Å². The van der Waals surface area contributed by atoms with Crippen LogP contribution in [0.25, 0.3) is 0 Å². The Morgan fingerprint density at radius 3 is 2.42 bits per heavy atom. The van der Waals surface area contributed by atoms with Gasteiger partial charge >= 0.3 is 0 Å². The first-order chi connectivity index (χ1) is 11.3. The van der Waals surface area contributed by atoms with Gasteiger partial charge in [0.2, 0.25) is 11.8 Å². The molecule has 6 heteroatoms. The number of benzene rings is 1. The highest BCUT2D eigenvalue weighted by Gasteiger charge is 2.35. The average molecular weight is 331 g/mol. The van der Waals surface area contributed by atoms with Gasteiger partial charge in [0.25, 0.3) is 5.91 Å². The summed E-state index contributed by atoms with van der Waals surface area (Å²) in [6.45, 7) is 8.05. The number of nitrogens with one attached hydrogen (secondary N) is 2. The number of amides is 3. The predicted octanol–water partition coefficient (Wildman–Crippen LogP) is 2.02. The Morgan fingerprint density at radius 1 is 1.17 bits per heavy atom. The number of rotatable bonds is 5. The molecule has 0 unspecified atom stereocenters. The van der Waals surface area contributed by atoms with Crippen LogP contribution in [0, 0.1) is 5.92 Å². The molecule has 0 radical (unpaired) electrons. The molecule has 0 spiro atoms. The fourth-order valence-corrected chi connectivity index (χ4v) is 2.77. The largest absolute Gasteiger partial charge is 0.350 e. The summed E-state index contributed by atoms with van der Waals surface area (Å²) in [6, 6.07) is 6.98. The second-order valence-corrected chi connectivity index (χ2v) is 6.70. The molecule has 2 rings (SSSR count). The van der Waals surface area contributed by atoms with Crippen LogP contribution >= 0.6 is 0 Å². The third-order valence-corrected chi connectivity index (χ3v) is 4.00. The first-order valence-corrected chi connectivity index (χ1v) is 8.29. The van der Waals surface area contributed by atoms with Gasteiger partial charge in [-0.1, -0.05) is 12.1 Å². The molecule has 1 aromatic rings. The minimum absolute atomic E-state index is 0.00372. The van der Waals surface area contributed by atoms with Gasteiger partial charge in [-0.15, -0.1) is 0 Å². The summed E-state index contributed by atoms with van der Waals surface area (Å²) >= 11 is 0. The van der Waals surface area contributed by atoms with Gasteiger partial charge in [-0.25, -0.2) is 0 Å². The molecule has 0 bridgehead atoms. The van der Waals surface area contributed by atoms with Gasteiger partial charge in [0.1, 0.15) is 0 Å². The molecule has 1 heterocycles. The lowest BCUT2D eigenvalue weighted by Crippen LogP contribution is -2.34. The summed E-state index contributed by atoms with van der Waals surface area (Å²) < 4.78 is 0. The first-order valence-electron chi connectivity index (χ1n) is 8.29. The van der Waals surface area contributed by atoms with Crippen molar-refractivity contribution in [2.75, 3.05) is 11.9 Å². The van der Waals surface area contributed by atoms with Crippen LogP contribution < -0.4 is 10.6 Å². The van der Waals surface area contributed by atoms with Crippen LogP contribution in [-0.2, 0) is 9.59 Å². The van der Waals surface area contributed by atoms with Gasteiger partial charge < -0.3 is 15.5 Å². The van der Waals surface area contributed by atoms with Gasteiger partial charge in [0, 0.05) is 25.0 Å². The van der Waals surface area contributed by atoms with Crippen LogP contribution in [0.4, 0.5) is 5.69 Å². The summed E-state index contributed by atoms with van der Waals surface area (Å²) in [4.78, 5) is 38.4. The SMILES string of the molecule is CC(C)NC(=O)c1ccccc1NC(=O)[C@H]1CC(=O)N(C(C)C)C1. The molecule has 1 aliphatic heterocycles. The second kappa shape index (κ2) is 7.47. The van der Waals surface area contributed by atoms with Crippen LogP contribution in [0.2, 0.25) is 0 Å². The standard InChI is InChI=1S/C18H25N3O3/c1-11(2)19-18(24)14-7-5-6-8-15(14)20-17(23)13-9-16(22)21(10-13)12(3)4/h5-8,11-13H,9-10H2,1-4H3,(H,19,24)(H,20,23)/t13-/m0/s1. The molecule has 2 N–H and O–H groups in total. The quantitative estimate of drug-likeness (QED) is 0.866. The maximum Gasteiger partial charge on any atom is 0.253 e. The van der Waals surface area contributed by atoms with Crippen molar-refractivity contribution in [2.45, 2.75) is 46.2 Å². The monoisotopic (exact) mass is 331 g/mol. The first kappa shape index (κ1) is 18.0. The van der Waals surface area contributed by atoms with E-state index in [2.05, 4.69) is 10.6 Å². The summed E-state index contributed by atoms with van der Waals surface area (Å²) in [7, 11) is 0. The summed E-state index contributed by atoms with van der Waals surface area (Å²) in [5, 5.41) is 5.63. The molecule has 3 amide bonds. The van der Waals surface area contributed by atoms with Gasteiger partial charge in [-0.3, -0.25) is 14.4 Å². The maximum atomic E-state index is 12.5. The van der Waals surface area contributed by atoms with Crippen molar-refractivity contribution in [3.63, 3.8) is 0 Å². The van der Waals surface area contributed by atoms with E-state index in [1.165, 1.54) is 0 Å². The van der Waals surface area contributed by atoms with Crippen molar-refractivity contribution in [1.29, 1.82) is 0 Å². The Hall–Kier alpha value is -2.37. The fourth-order valence-electron chi connectivity index (χ4n) is 2.77. The summed E-state index contributed by atoms with van der Waals surface area (Å²) in [6.07, 6.45) is 0.213. The van der Waals surface area contributed by atoms with E-state index in [9.17, 15) is 14.4 Å². The highest BCUT2D eigenvalue weighted by Crippen LogP contribution is 2.23. The molecule has 0 aliphatic carbocycles. The second-order valence-electron chi connectivity index (χ2n) is 6.70. The number of anilines is 1. The molecular weight excluding hydrogens is 306 g/mol. The Labute approximate surface area is 142 Å². The number of para-hydroxylation sites is 1. The Bertz CT molecular complexity index is 640.